The molecule has 6 heteroatoms. The number of halogens is 1. The molecule has 0 radical (unpaired) electrons. The van der Waals surface area contributed by atoms with Crippen molar-refractivity contribution in [2.24, 2.45) is 11.8 Å². The number of benzene rings is 1. The summed E-state index contributed by atoms with van der Waals surface area (Å²) in [7, 11) is 0. The van der Waals surface area contributed by atoms with Gasteiger partial charge in [-0.25, -0.2) is 4.79 Å². The normalized spacial score (nSPS) is 10.7. The molecule has 3 N–H and O–H groups in total. The van der Waals surface area contributed by atoms with Crippen molar-refractivity contribution in [2.45, 2.75) is 34.1 Å². The maximum Gasteiger partial charge on any atom is 0.319 e. The number of hydrogen-bond donors (Lipinski definition) is 3. The first-order valence-electron chi connectivity index (χ1n) is 7.92. The number of amides is 3. The summed E-state index contributed by atoms with van der Waals surface area (Å²) in [6.07, 6.45) is 0.920. The van der Waals surface area contributed by atoms with Crippen molar-refractivity contribution in [2.75, 3.05) is 18.4 Å². The van der Waals surface area contributed by atoms with Gasteiger partial charge in [-0.05, 0) is 36.5 Å². The van der Waals surface area contributed by atoms with Crippen LogP contribution >= 0.6 is 11.6 Å². The van der Waals surface area contributed by atoms with Gasteiger partial charge < -0.3 is 16.0 Å². The minimum Gasteiger partial charge on any atom is -0.352 e. The fourth-order valence-corrected chi connectivity index (χ4v) is 2.09. The molecule has 0 unspecified atom stereocenters. The lowest BCUT2D eigenvalue weighted by atomic mass is 10.1. The lowest BCUT2D eigenvalue weighted by Gasteiger charge is -2.11. The van der Waals surface area contributed by atoms with Crippen LogP contribution in [-0.4, -0.2) is 25.0 Å². The van der Waals surface area contributed by atoms with E-state index in [0.717, 1.165) is 6.42 Å². The summed E-state index contributed by atoms with van der Waals surface area (Å²) in [5, 5.41) is 8.61. The van der Waals surface area contributed by atoms with Crippen LogP contribution in [-0.2, 0) is 0 Å². The third-order valence-corrected chi connectivity index (χ3v) is 3.46. The van der Waals surface area contributed by atoms with Gasteiger partial charge in [-0.2, -0.15) is 0 Å². The van der Waals surface area contributed by atoms with Gasteiger partial charge in [0.15, 0.2) is 0 Å². The highest BCUT2D eigenvalue weighted by atomic mass is 35.5. The third-order valence-electron chi connectivity index (χ3n) is 3.15. The van der Waals surface area contributed by atoms with Crippen molar-refractivity contribution in [3.63, 3.8) is 0 Å². The highest BCUT2D eigenvalue weighted by Crippen LogP contribution is 2.21. The van der Waals surface area contributed by atoms with Gasteiger partial charge in [0.05, 0.1) is 10.6 Å². The summed E-state index contributed by atoms with van der Waals surface area (Å²) in [5.74, 6) is 0.693. The van der Waals surface area contributed by atoms with E-state index >= 15 is 0 Å². The number of carbonyl (C=O) groups excluding carboxylic acids is 2. The fraction of sp³-hybridized carbons (Fsp3) is 0.529. The largest absolute Gasteiger partial charge is 0.352 e. The molecule has 128 valence electrons. The predicted octanol–water partition coefficient (Wildman–Crippen LogP) is 3.89. The molecular weight excluding hydrogens is 314 g/mol. The van der Waals surface area contributed by atoms with Gasteiger partial charge in [0.25, 0.3) is 5.91 Å². The first kappa shape index (κ1) is 19.3. The molecule has 0 aliphatic rings. The predicted molar refractivity (Wildman–Crippen MR) is 95.1 cm³/mol. The number of nitrogens with one attached hydrogen (secondary N) is 3. The number of anilines is 1. The Hall–Kier alpha value is -1.75. The second-order valence-electron chi connectivity index (χ2n) is 6.36. The van der Waals surface area contributed by atoms with Crippen LogP contribution in [0.1, 0.15) is 44.5 Å². The standard InChI is InChI=1S/C17H26ClN3O2/c1-11(2)7-8-19-17(23)21-13-5-6-14(15(18)9-13)16(22)20-10-12(3)4/h5-6,9,11-12H,7-8,10H2,1-4H3,(H,20,22)(H2,19,21,23). The van der Waals surface area contributed by atoms with Crippen molar-refractivity contribution < 1.29 is 9.59 Å². The fourth-order valence-electron chi connectivity index (χ4n) is 1.82. The second-order valence-corrected chi connectivity index (χ2v) is 6.77. The summed E-state index contributed by atoms with van der Waals surface area (Å²) in [6, 6.07) is 4.58. The van der Waals surface area contributed by atoms with E-state index < -0.39 is 0 Å². The molecule has 0 bridgehead atoms. The number of hydrogen-bond acceptors (Lipinski definition) is 2. The molecule has 23 heavy (non-hydrogen) atoms. The maximum atomic E-state index is 12.0. The average molecular weight is 340 g/mol. The molecule has 3 amide bonds. The van der Waals surface area contributed by atoms with Gasteiger partial charge in [-0.3, -0.25) is 4.79 Å². The summed E-state index contributed by atoms with van der Waals surface area (Å²) in [6.45, 7) is 9.45. The van der Waals surface area contributed by atoms with Crippen LogP contribution in [0.5, 0.6) is 0 Å². The Balaban J connectivity index is 2.58. The number of carbonyl (C=O) groups is 2. The molecule has 0 spiro atoms. The van der Waals surface area contributed by atoms with E-state index in [0.29, 0.717) is 41.2 Å². The van der Waals surface area contributed by atoms with E-state index in [-0.39, 0.29) is 11.9 Å². The summed E-state index contributed by atoms with van der Waals surface area (Å²) >= 11 is 6.14. The van der Waals surface area contributed by atoms with Crippen LogP contribution in [0.4, 0.5) is 10.5 Å². The first-order valence-corrected chi connectivity index (χ1v) is 8.30. The van der Waals surface area contributed by atoms with E-state index in [9.17, 15) is 9.59 Å². The van der Waals surface area contributed by atoms with Gasteiger partial charge in [-0.15, -0.1) is 0 Å². The molecule has 0 aromatic heterocycles. The molecular formula is C17H26ClN3O2. The Morgan fingerprint density at radius 2 is 1.78 bits per heavy atom. The van der Waals surface area contributed by atoms with Gasteiger partial charge >= 0.3 is 6.03 Å². The zero-order chi connectivity index (χ0) is 17.4. The van der Waals surface area contributed by atoms with Crippen molar-refractivity contribution in [3.05, 3.63) is 28.8 Å². The van der Waals surface area contributed by atoms with E-state index in [1.54, 1.807) is 18.2 Å². The van der Waals surface area contributed by atoms with Crippen molar-refractivity contribution >= 4 is 29.2 Å². The highest BCUT2D eigenvalue weighted by Gasteiger charge is 2.12. The Bertz CT molecular complexity index is 545. The average Bonchev–Trinajstić information content (AvgIpc) is 2.44. The lowest BCUT2D eigenvalue weighted by molar-refractivity contribution is 0.0949. The SMILES string of the molecule is CC(C)CCNC(=O)Nc1ccc(C(=O)NCC(C)C)c(Cl)c1. The second kappa shape index (κ2) is 9.40. The summed E-state index contributed by atoms with van der Waals surface area (Å²) < 4.78 is 0. The van der Waals surface area contributed by atoms with Gasteiger partial charge in [-0.1, -0.05) is 39.3 Å². The molecule has 0 saturated heterocycles. The van der Waals surface area contributed by atoms with Crippen molar-refractivity contribution in [3.8, 4) is 0 Å². The zero-order valence-corrected chi connectivity index (χ0v) is 15.0. The van der Waals surface area contributed by atoms with Crippen LogP contribution < -0.4 is 16.0 Å². The van der Waals surface area contributed by atoms with Crippen LogP contribution in [0, 0.1) is 11.8 Å². The molecule has 0 saturated carbocycles. The minimum atomic E-state index is -0.279. The molecule has 0 aliphatic carbocycles. The zero-order valence-electron chi connectivity index (χ0n) is 14.2. The lowest BCUT2D eigenvalue weighted by Crippen LogP contribution is -2.30. The highest BCUT2D eigenvalue weighted by molar-refractivity contribution is 6.34. The van der Waals surface area contributed by atoms with Gasteiger partial charge in [0.2, 0.25) is 0 Å². The quantitative estimate of drug-likeness (QED) is 0.705. The number of rotatable bonds is 7. The van der Waals surface area contributed by atoms with E-state index in [4.69, 9.17) is 11.6 Å². The van der Waals surface area contributed by atoms with E-state index in [2.05, 4.69) is 29.8 Å². The molecule has 0 heterocycles. The summed E-state index contributed by atoms with van der Waals surface area (Å²) in [5.41, 5.74) is 0.954. The van der Waals surface area contributed by atoms with Crippen LogP contribution in [0.15, 0.2) is 18.2 Å². The Morgan fingerprint density at radius 3 is 2.35 bits per heavy atom. The van der Waals surface area contributed by atoms with Crippen molar-refractivity contribution in [1.29, 1.82) is 0 Å². The topological polar surface area (TPSA) is 70.2 Å². The maximum absolute atomic E-state index is 12.0. The van der Waals surface area contributed by atoms with E-state index in [1.807, 2.05) is 13.8 Å². The molecule has 0 aliphatic heterocycles. The third kappa shape index (κ3) is 7.37. The van der Waals surface area contributed by atoms with Crippen LogP contribution in [0.25, 0.3) is 0 Å². The molecule has 1 aromatic carbocycles. The number of urea groups is 1. The molecule has 0 atom stereocenters. The summed E-state index contributed by atoms with van der Waals surface area (Å²) in [4.78, 5) is 23.8. The Morgan fingerprint density at radius 1 is 1.09 bits per heavy atom. The molecule has 1 aromatic rings. The molecule has 1 rings (SSSR count). The Labute approximate surface area is 143 Å². The van der Waals surface area contributed by atoms with E-state index in [1.165, 1.54) is 0 Å². The molecule has 0 fully saturated rings. The monoisotopic (exact) mass is 339 g/mol. The van der Waals surface area contributed by atoms with Gasteiger partial charge in [0, 0.05) is 18.8 Å². The van der Waals surface area contributed by atoms with Gasteiger partial charge in [0.1, 0.15) is 0 Å². The molecule has 5 nitrogen and oxygen atoms in total. The van der Waals surface area contributed by atoms with Crippen molar-refractivity contribution in [1.82, 2.24) is 10.6 Å². The van der Waals surface area contributed by atoms with Crippen LogP contribution in [0.3, 0.4) is 0 Å². The Kier molecular flexibility index (Phi) is 7.89. The first-order chi connectivity index (χ1) is 10.8. The minimum absolute atomic E-state index is 0.211. The van der Waals surface area contributed by atoms with Crippen LogP contribution in [0.2, 0.25) is 5.02 Å². The smallest absolute Gasteiger partial charge is 0.319 e.